The third-order valence-electron chi connectivity index (χ3n) is 1.54. The van der Waals surface area contributed by atoms with Crippen LogP contribution in [0.4, 0.5) is 0 Å². The minimum Gasteiger partial charge on any atom is -0.229 e. The molecular formula is C6H12O2S2. The lowest BCUT2D eigenvalue weighted by atomic mass is 10.6. The zero-order valence-electron chi connectivity index (χ0n) is 6.20. The second-order valence-corrected chi connectivity index (χ2v) is 6.77. The van der Waals surface area contributed by atoms with Crippen molar-refractivity contribution in [2.24, 2.45) is 0 Å². The highest BCUT2D eigenvalue weighted by molar-refractivity contribution is 8.08. The van der Waals surface area contributed by atoms with Gasteiger partial charge < -0.3 is 0 Å². The molecule has 0 aliphatic carbocycles. The summed E-state index contributed by atoms with van der Waals surface area (Å²) in [7, 11) is -2.76. The lowest BCUT2D eigenvalue weighted by Crippen LogP contribution is -2.20. The Hall–Kier alpha value is 0.300. The van der Waals surface area contributed by atoms with Crippen molar-refractivity contribution in [3.8, 4) is 0 Å². The van der Waals surface area contributed by atoms with Crippen molar-refractivity contribution in [1.82, 2.24) is 0 Å². The van der Waals surface area contributed by atoms with Gasteiger partial charge in [-0.25, -0.2) is 8.42 Å². The van der Waals surface area contributed by atoms with Crippen molar-refractivity contribution in [3.05, 3.63) is 0 Å². The van der Waals surface area contributed by atoms with Gasteiger partial charge in [-0.15, -0.1) is 0 Å². The van der Waals surface area contributed by atoms with E-state index in [0.717, 1.165) is 5.75 Å². The van der Waals surface area contributed by atoms with Gasteiger partial charge in [-0.1, -0.05) is 0 Å². The van der Waals surface area contributed by atoms with Gasteiger partial charge >= 0.3 is 0 Å². The maximum Gasteiger partial charge on any atom is 0.153 e. The SMILES string of the molecule is CC(C)S(=O)(=O)CC1CS1. The molecule has 0 amide bonds. The van der Waals surface area contributed by atoms with E-state index < -0.39 is 9.84 Å². The maximum absolute atomic E-state index is 11.2. The molecule has 0 spiro atoms. The van der Waals surface area contributed by atoms with Crippen molar-refractivity contribution in [3.63, 3.8) is 0 Å². The van der Waals surface area contributed by atoms with Gasteiger partial charge in [-0.2, -0.15) is 11.8 Å². The molecule has 10 heavy (non-hydrogen) atoms. The Bertz CT molecular complexity index is 202. The van der Waals surface area contributed by atoms with Gasteiger partial charge in [0.2, 0.25) is 0 Å². The first-order valence-electron chi connectivity index (χ1n) is 3.35. The standard InChI is InChI=1S/C6H12O2S2/c1-5(2)10(7,8)4-6-3-9-6/h5-6H,3-4H2,1-2H3. The van der Waals surface area contributed by atoms with Crippen molar-refractivity contribution in [2.45, 2.75) is 24.3 Å². The molecule has 0 aromatic carbocycles. The molecule has 4 heteroatoms. The van der Waals surface area contributed by atoms with Gasteiger partial charge in [0.25, 0.3) is 0 Å². The second-order valence-electron chi connectivity index (χ2n) is 2.83. The zero-order chi connectivity index (χ0) is 7.78. The van der Waals surface area contributed by atoms with Crippen LogP contribution in [0.2, 0.25) is 0 Å². The number of hydrogen-bond donors (Lipinski definition) is 0. The van der Waals surface area contributed by atoms with Crippen LogP contribution in [0.25, 0.3) is 0 Å². The van der Waals surface area contributed by atoms with E-state index in [1.807, 2.05) is 0 Å². The van der Waals surface area contributed by atoms with E-state index in [9.17, 15) is 8.42 Å². The molecule has 1 rings (SSSR count). The molecule has 2 nitrogen and oxygen atoms in total. The Morgan fingerprint density at radius 3 is 2.40 bits per heavy atom. The van der Waals surface area contributed by atoms with Crippen LogP contribution in [0.15, 0.2) is 0 Å². The van der Waals surface area contributed by atoms with Crippen LogP contribution in [0.3, 0.4) is 0 Å². The predicted octanol–water partition coefficient (Wildman–Crippen LogP) is 0.925. The summed E-state index contributed by atoms with van der Waals surface area (Å²) in [6, 6.07) is 0. The fourth-order valence-electron chi connectivity index (χ4n) is 0.616. The van der Waals surface area contributed by atoms with E-state index in [-0.39, 0.29) is 5.25 Å². The molecule has 0 saturated carbocycles. The normalized spacial score (nSPS) is 25.3. The molecule has 1 unspecified atom stereocenters. The zero-order valence-corrected chi connectivity index (χ0v) is 7.83. The monoisotopic (exact) mass is 180 g/mol. The third kappa shape index (κ3) is 2.16. The summed E-state index contributed by atoms with van der Waals surface area (Å²) in [6.45, 7) is 3.48. The minimum absolute atomic E-state index is 0.200. The van der Waals surface area contributed by atoms with Crippen LogP contribution in [0, 0.1) is 0 Å². The molecule has 60 valence electrons. The van der Waals surface area contributed by atoms with E-state index in [2.05, 4.69) is 0 Å². The van der Waals surface area contributed by atoms with Crippen LogP contribution in [-0.2, 0) is 9.84 Å². The largest absolute Gasteiger partial charge is 0.229 e. The van der Waals surface area contributed by atoms with E-state index in [0.29, 0.717) is 11.0 Å². The van der Waals surface area contributed by atoms with E-state index in [4.69, 9.17) is 0 Å². The van der Waals surface area contributed by atoms with E-state index >= 15 is 0 Å². The number of hydrogen-bond acceptors (Lipinski definition) is 3. The average molecular weight is 180 g/mol. The molecule has 0 aromatic heterocycles. The van der Waals surface area contributed by atoms with Gasteiger partial charge in [-0.05, 0) is 13.8 Å². The Labute approximate surface area is 66.3 Å². The number of sulfone groups is 1. The van der Waals surface area contributed by atoms with Crippen molar-refractivity contribution in [1.29, 1.82) is 0 Å². The fourth-order valence-corrected chi connectivity index (χ4v) is 2.99. The fraction of sp³-hybridized carbons (Fsp3) is 1.00. The molecule has 1 saturated heterocycles. The summed E-state index contributed by atoms with van der Waals surface area (Å²) < 4.78 is 22.3. The summed E-state index contributed by atoms with van der Waals surface area (Å²) in [5.41, 5.74) is 0. The second kappa shape index (κ2) is 2.74. The first-order chi connectivity index (χ1) is 4.52. The Morgan fingerprint density at radius 2 is 2.10 bits per heavy atom. The summed E-state index contributed by atoms with van der Waals surface area (Å²) in [6.07, 6.45) is 0. The van der Waals surface area contributed by atoms with Gasteiger partial charge in [0.1, 0.15) is 0 Å². The molecule has 0 bridgehead atoms. The highest BCUT2D eigenvalue weighted by Crippen LogP contribution is 2.31. The average Bonchev–Trinajstić information content (AvgIpc) is 2.48. The van der Waals surface area contributed by atoms with Crippen LogP contribution in [0.1, 0.15) is 13.8 Å². The molecule has 1 fully saturated rings. The quantitative estimate of drug-likeness (QED) is 0.606. The summed E-state index contributed by atoms with van der Waals surface area (Å²) in [5, 5.41) is 0.209. The van der Waals surface area contributed by atoms with Crippen LogP contribution < -0.4 is 0 Å². The molecule has 1 aliphatic heterocycles. The summed E-state index contributed by atoms with van der Waals surface area (Å²) >= 11 is 1.73. The predicted molar refractivity (Wildman–Crippen MR) is 45.2 cm³/mol. The Balaban J connectivity index is 2.50. The minimum atomic E-state index is -2.76. The molecule has 1 atom stereocenters. The Kier molecular flexibility index (Phi) is 2.30. The van der Waals surface area contributed by atoms with Gasteiger partial charge in [0, 0.05) is 11.0 Å². The van der Waals surface area contributed by atoms with Gasteiger partial charge in [0.05, 0.1) is 11.0 Å². The van der Waals surface area contributed by atoms with E-state index in [1.54, 1.807) is 25.6 Å². The number of thioether (sulfide) groups is 1. The van der Waals surface area contributed by atoms with Crippen molar-refractivity contribution in [2.75, 3.05) is 11.5 Å². The molecular weight excluding hydrogens is 168 g/mol. The topological polar surface area (TPSA) is 34.1 Å². The first-order valence-corrected chi connectivity index (χ1v) is 6.12. The highest BCUT2D eigenvalue weighted by Gasteiger charge is 2.30. The van der Waals surface area contributed by atoms with Crippen LogP contribution in [-0.4, -0.2) is 30.4 Å². The third-order valence-corrected chi connectivity index (χ3v) is 5.02. The smallest absolute Gasteiger partial charge is 0.153 e. The molecule has 1 aliphatic rings. The van der Waals surface area contributed by atoms with Crippen LogP contribution >= 0.6 is 11.8 Å². The van der Waals surface area contributed by atoms with Crippen molar-refractivity contribution < 1.29 is 8.42 Å². The summed E-state index contributed by atoms with van der Waals surface area (Å²) in [4.78, 5) is 0. The highest BCUT2D eigenvalue weighted by atomic mass is 32.2. The maximum atomic E-state index is 11.2. The van der Waals surface area contributed by atoms with Gasteiger partial charge in [-0.3, -0.25) is 0 Å². The van der Waals surface area contributed by atoms with Crippen LogP contribution in [0.5, 0.6) is 0 Å². The molecule has 0 aromatic rings. The lowest BCUT2D eigenvalue weighted by Gasteiger charge is -2.04. The van der Waals surface area contributed by atoms with Crippen molar-refractivity contribution >= 4 is 21.6 Å². The number of rotatable bonds is 3. The van der Waals surface area contributed by atoms with E-state index in [1.165, 1.54) is 0 Å². The lowest BCUT2D eigenvalue weighted by molar-refractivity contribution is 0.587. The summed E-state index contributed by atoms with van der Waals surface area (Å²) in [5.74, 6) is 1.42. The Morgan fingerprint density at radius 1 is 1.60 bits per heavy atom. The molecule has 1 heterocycles. The molecule has 0 N–H and O–H groups in total. The first kappa shape index (κ1) is 8.40. The molecule has 0 radical (unpaired) electrons. The van der Waals surface area contributed by atoms with Gasteiger partial charge in [0.15, 0.2) is 9.84 Å².